The summed E-state index contributed by atoms with van der Waals surface area (Å²) in [5.74, 6) is 2.38. The zero-order valence-electron chi connectivity index (χ0n) is 13.4. The van der Waals surface area contributed by atoms with Gasteiger partial charge in [0.05, 0.1) is 6.54 Å². The molecule has 2 atom stereocenters. The molecule has 1 N–H and O–H groups in total. The summed E-state index contributed by atoms with van der Waals surface area (Å²) >= 11 is 0. The Balaban J connectivity index is 1.75. The first-order valence-corrected chi connectivity index (χ1v) is 8.21. The first-order valence-electron chi connectivity index (χ1n) is 8.21. The number of rotatable bonds is 4. The molecule has 0 radical (unpaired) electrons. The normalized spacial score (nSPS) is 28.9. The maximum Gasteiger partial charge on any atom is 0.236 e. The molecule has 2 rings (SSSR count). The van der Waals surface area contributed by atoms with Gasteiger partial charge in [-0.2, -0.15) is 0 Å². The lowest BCUT2D eigenvalue weighted by molar-refractivity contribution is -0.134. The van der Waals surface area contributed by atoms with E-state index >= 15 is 0 Å². The van der Waals surface area contributed by atoms with Crippen molar-refractivity contribution in [3.8, 4) is 0 Å². The molecule has 1 amide bonds. The highest BCUT2D eigenvalue weighted by atomic mass is 16.2. The second kappa shape index (κ2) is 7.41. The Bertz CT molecular complexity index is 305. The molecule has 2 heterocycles. The summed E-state index contributed by atoms with van der Waals surface area (Å²) < 4.78 is 0. The number of hydrogen-bond acceptors (Lipinski definition) is 3. The van der Waals surface area contributed by atoms with Crippen LogP contribution in [0.1, 0.15) is 33.1 Å². The zero-order chi connectivity index (χ0) is 14.5. The molecule has 116 valence electrons. The van der Waals surface area contributed by atoms with E-state index in [2.05, 4.69) is 36.0 Å². The minimum Gasteiger partial charge on any atom is -0.341 e. The molecule has 4 nitrogen and oxygen atoms in total. The molecule has 20 heavy (non-hydrogen) atoms. The summed E-state index contributed by atoms with van der Waals surface area (Å²) in [6, 6.07) is 0. The SMILES string of the molecule is CC1CC(C)CN(C(=O)CN(C)CC2CCNCC2)C1. The van der Waals surface area contributed by atoms with Crippen molar-refractivity contribution < 1.29 is 4.79 Å². The number of nitrogens with zero attached hydrogens (tertiary/aromatic N) is 2. The highest BCUT2D eigenvalue weighted by molar-refractivity contribution is 5.78. The van der Waals surface area contributed by atoms with Gasteiger partial charge in [0.15, 0.2) is 0 Å². The van der Waals surface area contributed by atoms with Gasteiger partial charge in [-0.15, -0.1) is 0 Å². The quantitative estimate of drug-likeness (QED) is 0.846. The predicted molar refractivity (Wildman–Crippen MR) is 82.6 cm³/mol. The number of piperidine rings is 2. The van der Waals surface area contributed by atoms with Gasteiger partial charge in [-0.3, -0.25) is 9.69 Å². The highest BCUT2D eigenvalue weighted by Gasteiger charge is 2.26. The van der Waals surface area contributed by atoms with Gasteiger partial charge in [-0.05, 0) is 57.2 Å². The Hall–Kier alpha value is -0.610. The van der Waals surface area contributed by atoms with Crippen molar-refractivity contribution in [2.75, 3.05) is 46.3 Å². The van der Waals surface area contributed by atoms with Crippen molar-refractivity contribution in [2.24, 2.45) is 17.8 Å². The summed E-state index contributed by atoms with van der Waals surface area (Å²) in [4.78, 5) is 16.7. The first kappa shape index (κ1) is 15.8. The van der Waals surface area contributed by atoms with Crippen LogP contribution >= 0.6 is 0 Å². The Morgan fingerprint density at radius 2 is 1.80 bits per heavy atom. The molecule has 0 aliphatic carbocycles. The third-order valence-electron chi connectivity index (χ3n) is 4.66. The molecular weight excluding hydrogens is 250 g/mol. The largest absolute Gasteiger partial charge is 0.341 e. The molecule has 0 aromatic heterocycles. The molecule has 2 fully saturated rings. The second-order valence-electron chi connectivity index (χ2n) is 7.13. The summed E-state index contributed by atoms with van der Waals surface area (Å²) in [7, 11) is 2.09. The number of amides is 1. The van der Waals surface area contributed by atoms with Crippen LogP contribution < -0.4 is 5.32 Å². The lowest BCUT2D eigenvalue weighted by Crippen LogP contribution is -2.47. The standard InChI is InChI=1S/C16H31N3O/c1-13-8-14(2)10-19(9-13)16(20)12-18(3)11-15-4-6-17-7-5-15/h13-15,17H,4-12H2,1-3H3. The van der Waals surface area contributed by atoms with E-state index in [9.17, 15) is 4.79 Å². The Labute approximate surface area is 123 Å². The summed E-state index contributed by atoms with van der Waals surface area (Å²) in [6.45, 7) is 10.3. The molecular formula is C16H31N3O. The smallest absolute Gasteiger partial charge is 0.236 e. The van der Waals surface area contributed by atoms with Crippen molar-refractivity contribution >= 4 is 5.91 Å². The van der Waals surface area contributed by atoms with Gasteiger partial charge in [0.2, 0.25) is 5.91 Å². The lowest BCUT2D eigenvalue weighted by Gasteiger charge is -2.36. The van der Waals surface area contributed by atoms with E-state index in [0.29, 0.717) is 24.3 Å². The number of hydrogen-bond donors (Lipinski definition) is 1. The van der Waals surface area contributed by atoms with Gasteiger partial charge in [0, 0.05) is 19.6 Å². The van der Waals surface area contributed by atoms with Gasteiger partial charge < -0.3 is 10.2 Å². The monoisotopic (exact) mass is 281 g/mol. The van der Waals surface area contributed by atoms with Crippen LogP contribution in [-0.2, 0) is 4.79 Å². The van der Waals surface area contributed by atoms with Crippen LogP contribution in [0.25, 0.3) is 0 Å². The van der Waals surface area contributed by atoms with E-state index in [4.69, 9.17) is 0 Å². The topological polar surface area (TPSA) is 35.6 Å². The average molecular weight is 281 g/mol. The molecule has 4 heteroatoms. The van der Waals surface area contributed by atoms with Crippen LogP contribution in [0.3, 0.4) is 0 Å². The van der Waals surface area contributed by atoms with Crippen LogP contribution in [0.2, 0.25) is 0 Å². The summed E-state index contributed by atoms with van der Waals surface area (Å²) in [6.07, 6.45) is 3.75. The fraction of sp³-hybridized carbons (Fsp3) is 0.938. The van der Waals surface area contributed by atoms with E-state index < -0.39 is 0 Å². The first-order chi connectivity index (χ1) is 9.54. The zero-order valence-corrected chi connectivity index (χ0v) is 13.4. The number of likely N-dealkylation sites (tertiary alicyclic amines) is 1. The Morgan fingerprint density at radius 3 is 2.40 bits per heavy atom. The van der Waals surface area contributed by atoms with E-state index in [0.717, 1.165) is 38.6 Å². The third-order valence-corrected chi connectivity index (χ3v) is 4.66. The summed E-state index contributed by atoms with van der Waals surface area (Å²) in [5, 5.41) is 3.40. The minimum atomic E-state index is 0.319. The minimum absolute atomic E-state index is 0.319. The van der Waals surface area contributed by atoms with Crippen molar-refractivity contribution in [1.29, 1.82) is 0 Å². The second-order valence-corrected chi connectivity index (χ2v) is 7.13. The van der Waals surface area contributed by atoms with Gasteiger partial charge in [-0.25, -0.2) is 0 Å². The van der Waals surface area contributed by atoms with E-state index in [1.807, 2.05) is 0 Å². The van der Waals surface area contributed by atoms with Crippen LogP contribution in [0.15, 0.2) is 0 Å². The molecule has 2 saturated heterocycles. The third kappa shape index (κ3) is 4.74. The highest BCUT2D eigenvalue weighted by Crippen LogP contribution is 2.21. The molecule has 0 spiro atoms. The lowest BCUT2D eigenvalue weighted by atomic mass is 9.92. The molecule has 2 aliphatic heterocycles. The summed E-state index contributed by atoms with van der Waals surface area (Å²) in [5.41, 5.74) is 0. The number of nitrogens with one attached hydrogen (secondary N) is 1. The van der Waals surface area contributed by atoms with Crippen LogP contribution in [0.5, 0.6) is 0 Å². The van der Waals surface area contributed by atoms with E-state index in [1.165, 1.54) is 19.3 Å². The average Bonchev–Trinajstić information content (AvgIpc) is 2.38. The van der Waals surface area contributed by atoms with Crippen molar-refractivity contribution in [3.05, 3.63) is 0 Å². The Kier molecular flexibility index (Phi) is 5.85. The van der Waals surface area contributed by atoms with Crippen molar-refractivity contribution in [3.63, 3.8) is 0 Å². The van der Waals surface area contributed by atoms with Gasteiger partial charge in [-0.1, -0.05) is 13.8 Å². The maximum atomic E-state index is 12.4. The Morgan fingerprint density at radius 1 is 1.20 bits per heavy atom. The van der Waals surface area contributed by atoms with Crippen LogP contribution in [0.4, 0.5) is 0 Å². The number of carbonyl (C=O) groups is 1. The van der Waals surface area contributed by atoms with Crippen molar-refractivity contribution in [1.82, 2.24) is 15.1 Å². The van der Waals surface area contributed by atoms with Crippen LogP contribution in [-0.4, -0.2) is 62.0 Å². The molecule has 0 aromatic rings. The predicted octanol–water partition coefficient (Wildman–Crippen LogP) is 1.42. The van der Waals surface area contributed by atoms with Crippen LogP contribution in [0, 0.1) is 17.8 Å². The number of likely N-dealkylation sites (N-methyl/N-ethyl adjacent to an activating group) is 1. The van der Waals surface area contributed by atoms with E-state index in [1.54, 1.807) is 0 Å². The van der Waals surface area contributed by atoms with Crippen molar-refractivity contribution in [2.45, 2.75) is 33.1 Å². The molecule has 0 bridgehead atoms. The molecule has 2 aliphatic rings. The maximum absolute atomic E-state index is 12.4. The molecule has 2 unspecified atom stereocenters. The fourth-order valence-electron chi connectivity index (χ4n) is 3.77. The fourth-order valence-corrected chi connectivity index (χ4v) is 3.77. The van der Waals surface area contributed by atoms with Gasteiger partial charge >= 0.3 is 0 Å². The van der Waals surface area contributed by atoms with Gasteiger partial charge in [0.1, 0.15) is 0 Å². The molecule has 0 aromatic carbocycles. The molecule has 0 saturated carbocycles. The number of carbonyl (C=O) groups excluding carboxylic acids is 1. The van der Waals surface area contributed by atoms with E-state index in [-0.39, 0.29) is 0 Å². The van der Waals surface area contributed by atoms with Gasteiger partial charge in [0.25, 0.3) is 0 Å².